The maximum Gasteiger partial charge on any atom is 0.318 e. The number of carbonyl (C=O) groups is 1. The quantitative estimate of drug-likeness (QED) is 0.930. The minimum absolute atomic E-state index is 0.0521. The Kier molecular flexibility index (Phi) is 4.67. The minimum atomic E-state index is 0.0521. The van der Waals surface area contributed by atoms with Crippen molar-refractivity contribution in [2.45, 2.75) is 51.7 Å². The second-order valence-electron chi connectivity index (χ2n) is 6.52. The Morgan fingerprint density at radius 3 is 2.86 bits per heavy atom. The Hall–Kier alpha value is -1.55. The van der Waals surface area contributed by atoms with Gasteiger partial charge in [-0.25, -0.2) is 4.79 Å². The lowest BCUT2D eigenvalue weighted by atomic mass is 9.99. The fourth-order valence-corrected chi connectivity index (χ4v) is 3.44. The van der Waals surface area contributed by atoms with Crippen molar-refractivity contribution in [2.75, 3.05) is 19.7 Å². The first-order valence-corrected chi connectivity index (χ1v) is 8.38. The van der Waals surface area contributed by atoms with Gasteiger partial charge in [0.25, 0.3) is 0 Å². The monoisotopic (exact) mass is 302 g/mol. The number of aryl methyl sites for hydroxylation is 2. The lowest BCUT2D eigenvalue weighted by Gasteiger charge is -2.26. The molecule has 2 atom stereocenters. The van der Waals surface area contributed by atoms with Gasteiger partial charge in [0.2, 0.25) is 0 Å². The van der Waals surface area contributed by atoms with Crippen LogP contribution in [0.3, 0.4) is 0 Å². The third-order valence-electron chi connectivity index (χ3n) is 4.93. The Bertz CT molecular complexity index is 538. The molecule has 4 heteroatoms. The van der Waals surface area contributed by atoms with Crippen LogP contribution >= 0.6 is 0 Å². The van der Waals surface area contributed by atoms with Gasteiger partial charge in [-0.3, -0.25) is 0 Å². The van der Waals surface area contributed by atoms with Gasteiger partial charge in [0.15, 0.2) is 0 Å². The van der Waals surface area contributed by atoms with E-state index < -0.39 is 0 Å². The molecular formula is C18H26N2O2. The number of rotatable bonds is 3. The summed E-state index contributed by atoms with van der Waals surface area (Å²) in [7, 11) is 0. The fraction of sp³-hybridized carbons (Fsp3) is 0.611. The van der Waals surface area contributed by atoms with Crippen LogP contribution < -0.4 is 5.32 Å². The number of amides is 2. The first-order valence-electron chi connectivity index (χ1n) is 8.38. The molecule has 0 aliphatic carbocycles. The molecule has 0 saturated carbocycles. The van der Waals surface area contributed by atoms with E-state index in [1.165, 1.54) is 16.7 Å². The maximum absolute atomic E-state index is 12.5. The van der Waals surface area contributed by atoms with Gasteiger partial charge in [-0.05, 0) is 56.2 Å². The zero-order valence-corrected chi connectivity index (χ0v) is 13.6. The molecule has 2 aliphatic rings. The summed E-state index contributed by atoms with van der Waals surface area (Å²) in [6.45, 7) is 6.56. The van der Waals surface area contributed by atoms with E-state index in [1.54, 1.807) is 0 Å². The summed E-state index contributed by atoms with van der Waals surface area (Å²) in [5, 5.41) is 3.05. The topological polar surface area (TPSA) is 41.6 Å². The van der Waals surface area contributed by atoms with E-state index in [0.29, 0.717) is 6.54 Å². The molecule has 120 valence electrons. The number of nitrogens with one attached hydrogen (secondary N) is 1. The number of nitrogens with zero attached hydrogens (tertiary/aromatic N) is 1. The summed E-state index contributed by atoms with van der Waals surface area (Å²) in [6.07, 6.45) is 4.49. The van der Waals surface area contributed by atoms with E-state index in [0.717, 1.165) is 38.8 Å². The van der Waals surface area contributed by atoms with Crippen LogP contribution in [0.4, 0.5) is 4.79 Å². The second kappa shape index (κ2) is 6.69. The van der Waals surface area contributed by atoms with Gasteiger partial charge in [0.05, 0.1) is 12.1 Å². The van der Waals surface area contributed by atoms with Gasteiger partial charge in [0.1, 0.15) is 0 Å². The minimum Gasteiger partial charge on any atom is -0.376 e. The normalized spacial score (nSPS) is 24.7. The van der Waals surface area contributed by atoms with E-state index in [2.05, 4.69) is 37.4 Å². The number of likely N-dealkylation sites (tertiary alicyclic amines) is 1. The number of urea groups is 1. The molecule has 0 aromatic heterocycles. The molecule has 1 aromatic rings. The van der Waals surface area contributed by atoms with Crippen LogP contribution in [0.15, 0.2) is 18.2 Å². The predicted octanol–water partition coefficient (Wildman–Crippen LogP) is 3.33. The lowest BCUT2D eigenvalue weighted by molar-refractivity contribution is 0.108. The van der Waals surface area contributed by atoms with Crippen molar-refractivity contribution in [1.82, 2.24) is 10.2 Å². The summed E-state index contributed by atoms with van der Waals surface area (Å²) in [5.74, 6) is 0. The summed E-state index contributed by atoms with van der Waals surface area (Å²) in [6, 6.07) is 6.82. The predicted molar refractivity (Wildman–Crippen MR) is 87.0 cm³/mol. The fourth-order valence-electron chi connectivity index (χ4n) is 3.44. The Morgan fingerprint density at radius 2 is 2.14 bits per heavy atom. The van der Waals surface area contributed by atoms with E-state index in [9.17, 15) is 4.79 Å². The average Bonchev–Trinajstić information content (AvgIpc) is 3.18. The first kappa shape index (κ1) is 15.3. The molecule has 1 N–H and O–H groups in total. The molecule has 2 aliphatic heterocycles. The molecule has 0 bridgehead atoms. The molecule has 3 rings (SSSR count). The third-order valence-corrected chi connectivity index (χ3v) is 4.93. The highest BCUT2D eigenvalue weighted by molar-refractivity contribution is 5.75. The third kappa shape index (κ3) is 3.27. The number of ether oxygens (including phenoxy) is 1. The largest absolute Gasteiger partial charge is 0.376 e. The SMILES string of the molecule is Cc1ccc(C2CCCN2C(=O)NCC2CCCO2)cc1C. The van der Waals surface area contributed by atoms with Gasteiger partial charge >= 0.3 is 6.03 Å². The smallest absolute Gasteiger partial charge is 0.318 e. The van der Waals surface area contributed by atoms with Crippen molar-refractivity contribution in [3.05, 3.63) is 34.9 Å². The van der Waals surface area contributed by atoms with E-state index >= 15 is 0 Å². The number of hydrogen-bond acceptors (Lipinski definition) is 2. The van der Waals surface area contributed by atoms with Crippen LogP contribution in [0.1, 0.15) is 48.4 Å². The van der Waals surface area contributed by atoms with Crippen LogP contribution in [-0.4, -0.2) is 36.7 Å². The molecule has 22 heavy (non-hydrogen) atoms. The molecular weight excluding hydrogens is 276 g/mol. The van der Waals surface area contributed by atoms with Crippen molar-refractivity contribution < 1.29 is 9.53 Å². The molecule has 2 amide bonds. The summed E-state index contributed by atoms with van der Waals surface area (Å²) < 4.78 is 5.57. The molecule has 0 radical (unpaired) electrons. The zero-order valence-electron chi connectivity index (χ0n) is 13.6. The molecule has 2 saturated heterocycles. The van der Waals surface area contributed by atoms with Gasteiger partial charge in [-0.15, -0.1) is 0 Å². The highest BCUT2D eigenvalue weighted by Crippen LogP contribution is 2.32. The molecule has 0 spiro atoms. The number of hydrogen-bond donors (Lipinski definition) is 1. The van der Waals surface area contributed by atoms with Crippen molar-refractivity contribution in [1.29, 1.82) is 0 Å². The maximum atomic E-state index is 12.5. The first-order chi connectivity index (χ1) is 10.6. The van der Waals surface area contributed by atoms with E-state index in [1.807, 2.05) is 4.90 Å². The van der Waals surface area contributed by atoms with Crippen LogP contribution in [0.5, 0.6) is 0 Å². The Morgan fingerprint density at radius 1 is 1.27 bits per heavy atom. The van der Waals surface area contributed by atoms with Crippen molar-refractivity contribution in [3.63, 3.8) is 0 Å². The second-order valence-corrected chi connectivity index (χ2v) is 6.52. The van der Waals surface area contributed by atoms with Gasteiger partial charge < -0.3 is 15.0 Å². The molecule has 4 nitrogen and oxygen atoms in total. The number of carbonyl (C=O) groups excluding carboxylic acids is 1. The molecule has 1 aromatic carbocycles. The van der Waals surface area contributed by atoms with Crippen molar-refractivity contribution in [3.8, 4) is 0 Å². The van der Waals surface area contributed by atoms with Gasteiger partial charge in [-0.1, -0.05) is 18.2 Å². The van der Waals surface area contributed by atoms with Crippen LogP contribution in [0.2, 0.25) is 0 Å². The van der Waals surface area contributed by atoms with E-state index in [-0.39, 0.29) is 18.2 Å². The van der Waals surface area contributed by atoms with Crippen LogP contribution in [-0.2, 0) is 4.74 Å². The van der Waals surface area contributed by atoms with Crippen molar-refractivity contribution in [2.24, 2.45) is 0 Å². The highest BCUT2D eigenvalue weighted by Gasteiger charge is 2.30. The summed E-state index contributed by atoms with van der Waals surface area (Å²) >= 11 is 0. The van der Waals surface area contributed by atoms with Crippen molar-refractivity contribution >= 4 is 6.03 Å². The number of benzene rings is 1. The van der Waals surface area contributed by atoms with E-state index in [4.69, 9.17) is 4.74 Å². The highest BCUT2D eigenvalue weighted by atomic mass is 16.5. The van der Waals surface area contributed by atoms with Gasteiger partial charge in [-0.2, -0.15) is 0 Å². The lowest BCUT2D eigenvalue weighted by Crippen LogP contribution is -2.42. The van der Waals surface area contributed by atoms with Crippen LogP contribution in [0.25, 0.3) is 0 Å². The Labute approximate surface area is 132 Å². The zero-order chi connectivity index (χ0) is 15.5. The van der Waals surface area contributed by atoms with Gasteiger partial charge in [0, 0.05) is 19.7 Å². The molecule has 2 fully saturated rings. The summed E-state index contributed by atoms with van der Waals surface area (Å²) in [4.78, 5) is 14.5. The molecule has 2 heterocycles. The Balaban J connectivity index is 1.64. The standard InChI is InChI=1S/C18H26N2O2/c1-13-7-8-15(11-14(13)2)17-6-3-9-20(17)18(21)19-12-16-5-4-10-22-16/h7-8,11,16-17H,3-6,9-10,12H2,1-2H3,(H,19,21). The van der Waals surface area contributed by atoms with Crippen LogP contribution in [0, 0.1) is 13.8 Å². The molecule has 2 unspecified atom stereocenters. The summed E-state index contributed by atoms with van der Waals surface area (Å²) in [5.41, 5.74) is 3.85. The average molecular weight is 302 g/mol.